The van der Waals surface area contributed by atoms with E-state index in [0.29, 0.717) is 11.5 Å². The van der Waals surface area contributed by atoms with E-state index >= 15 is 0 Å². The molecule has 1 amide bonds. The molecule has 2 heterocycles. The minimum Gasteiger partial charge on any atom is -0.459 e. The Balaban J connectivity index is 1.94. The van der Waals surface area contributed by atoms with E-state index in [0.717, 1.165) is 8.81 Å². The van der Waals surface area contributed by atoms with Crippen LogP contribution < -0.4 is 5.32 Å². The second-order valence-electron chi connectivity index (χ2n) is 7.31. The first-order chi connectivity index (χ1) is 12.4. The molecule has 1 N–H and O–H groups in total. The molecule has 2 aromatic rings. The number of nitrogens with zero attached hydrogens (tertiary/aromatic N) is 2. The van der Waals surface area contributed by atoms with Gasteiger partial charge in [-0.1, -0.05) is 11.8 Å². The maximum absolute atomic E-state index is 12.4. The molecule has 0 unspecified atom stereocenters. The summed E-state index contributed by atoms with van der Waals surface area (Å²) in [5.41, 5.74) is 0.111. The number of carbonyl (C=O) groups is 2. The molecule has 0 saturated carbocycles. The van der Waals surface area contributed by atoms with E-state index in [-0.39, 0.29) is 18.3 Å². The van der Waals surface area contributed by atoms with E-state index in [1.54, 1.807) is 32.2 Å². The first kappa shape index (κ1) is 21.8. The number of carbonyl (C=O) groups excluding carboxylic acids is 2. The minimum atomic E-state index is -0.772. The maximum atomic E-state index is 12.4. The second kappa shape index (κ2) is 8.70. The number of hydrogen-bond donors (Lipinski definition) is 1. The number of ether oxygens (including phenoxy) is 1. The molecule has 2 rings (SSSR count). The highest BCUT2D eigenvalue weighted by Gasteiger charge is 2.34. The van der Waals surface area contributed by atoms with Crippen molar-refractivity contribution in [2.24, 2.45) is 0 Å². The number of aromatic nitrogens is 2. The van der Waals surface area contributed by atoms with E-state index in [2.05, 4.69) is 31.2 Å². The Bertz CT molecular complexity index is 814. The fourth-order valence-electron chi connectivity index (χ4n) is 1.88. The van der Waals surface area contributed by atoms with Crippen LogP contribution in [0.1, 0.15) is 40.3 Å². The summed E-state index contributed by atoms with van der Waals surface area (Å²) in [7, 11) is 0. The molecule has 0 radical (unpaired) electrons. The second-order valence-corrected chi connectivity index (χ2v) is 10.9. The summed E-state index contributed by atoms with van der Waals surface area (Å²) >= 11 is 6.04. The molecule has 9 heteroatoms. The number of halogens is 1. The van der Waals surface area contributed by atoms with Gasteiger partial charge in [-0.25, -0.2) is 9.97 Å². The highest BCUT2D eigenvalue weighted by molar-refractivity contribution is 9.10. The topological polar surface area (TPSA) is 81.2 Å². The first-order valence-electron chi connectivity index (χ1n) is 8.23. The molecule has 0 saturated heterocycles. The molecular formula is C18H22BrN3O3S2. The lowest BCUT2D eigenvalue weighted by Gasteiger charge is -2.27. The van der Waals surface area contributed by atoms with Gasteiger partial charge in [0.1, 0.15) is 16.2 Å². The molecule has 146 valence electrons. The van der Waals surface area contributed by atoms with Crippen LogP contribution in [0.15, 0.2) is 32.5 Å². The number of rotatable bonds is 6. The summed E-state index contributed by atoms with van der Waals surface area (Å²) in [5, 5.41) is 4.55. The van der Waals surface area contributed by atoms with Gasteiger partial charge >= 0.3 is 5.97 Å². The molecule has 27 heavy (non-hydrogen) atoms. The summed E-state index contributed by atoms with van der Waals surface area (Å²) < 4.78 is 6.25. The largest absolute Gasteiger partial charge is 0.459 e. The molecule has 0 atom stereocenters. The predicted molar refractivity (Wildman–Crippen MR) is 112 cm³/mol. The number of amides is 1. The third-order valence-corrected chi connectivity index (χ3v) is 5.73. The van der Waals surface area contributed by atoms with Crippen LogP contribution in [-0.4, -0.2) is 32.2 Å². The quantitative estimate of drug-likeness (QED) is 0.485. The monoisotopic (exact) mass is 471 g/mol. The SMILES string of the molecule is CC(C)(C)OC(=O)C(C)(C)Sc1nc(CC(=O)Nc2ccc(Br)cn2)cs1. The molecule has 0 aliphatic carbocycles. The maximum Gasteiger partial charge on any atom is 0.322 e. The number of thiazole rings is 1. The Morgan fingerprint density at radius 3 is 2.56 bits per heavy atom. The van der Waals surface area contributed by atoms with Crippen LogP contribution in [0.25, 0.3) is 0 Å². The van der Waals surface area contributed by atoms with E-state index in [4.69, 9.17) is 4.74 Å². The van der Waals surface area contributed by atoms with Gasteiger partial charge in [-0.2, -0.15) is 0 Å². The number of thioether (sulfide) groups is 1. The van der Waals surface area contributed by atoms with Crippen LogP contribution in [0.3, 0.4) is 0 Å². The van der Waals surface area contributed by atoms with Gasteiger partial charge in [-0.3, -0.25) is 9.59 Å². The van der Waals surface area contributed by atoms with Gasteiger partial charge in [-0.15, -0.1) is 11.3 Å². The van der Waals surface area contributed by atoms with Gasteiger partial charge in [0.15, 0.2) is 4.34 Å². The molecule has 0 fully saturated rings. The summed E-state index contributed by atoms with van der Waals surface area (Å²) in [6, 6.07) is 3.52. The number of pyridine rings is 1. The zero-order chi connectivity index (χ0) is 20.2. The lowest BCUT2D eigenvalue weighted by atomic mass is 10.1. The van der Waals surface area contributed by atoms with Crippen molar-refractivity contribution in [2.75, 3.05) is 5.32 Å². The lowest BCUT2D eigenvalue weighted by Crippen LogP contribution is -2.36. The first-order valence-corrected chi connectivity index (χ1v) is 10.7. The average molecular weight is 472 g/mol. The van der Waals surface area contributed by atoms with Crippen molar-refractivity contribution in [1.29, 1.82) is 0 Å². The summed E-state index contributed by atoms with van der Waals surface area (Å²) in [6.07, 6.45) is 1.76. The van der Waals surface area contributed by atoms with Gasteiger partial charge in [0.05, 0.1) is 12.1 Å². The average Bonchev–Trinajstić information content (AvgIpc) is 2.94. The Kier molecular flexibility index (Phi) is 7.04. The molecule has 2 aromatic heterocycles. The molecule has 0 bridgehead atoms. The summed E-state index contributed by atoms with van der Waals surface area (Å²) in [5.74, 6) is -0.00651. The summed E-state index contributed by atoms with van der Waals surface area (Å²) in [4.78, 5) is 33.1. The fraction of sp³-hybridized carbons (Fsp3) is 0.444. The highest BCUT2D eigenvalue weighted by Crippen LogP contribution is 2.36. The van der Waals surface area contributed by atoms with Crippen molar-refractivity contribution in [3.05, 3.63) is 33.9 Å². The van der Waals surface area contributed by atoms with Crippen LogP contribution in [0.4, 0.5) is 5.82 Å². The standard InChI is InChI=1S/C18H22BrN3O3S2/c1-17(2,3)25-15(24)18(4,5)27-16-21-12(10-26-16)8-14(23)22-13-7-6-11(19)9-20-13/h6-7,9-10H,8H2,1-5H3,(H,20,22,23). The van der Waals surface area contributed by atoms with Crippen molar-refractivity contribution in [2.45, 2.75) is 55.7 Å². The smallest absolute Gasteiger partial charge is 0.322 e. The van der Waals surface area contributed by atoms with E-state index in [1.165, 1.54) is 23.1 Å². The van der Waals surface area contributed by atoms with Crippen LogP contribution >= 0.6 is 39.0 Å². The Morgan fingerprint density at radius 2 is 1.96 bits per heavy atom. The zero-order valence-electron chi connectivity index (χ0n) is 15.8. The normalized spacial score (nSPS) is 11.9. The Hall–Kier alpha value is -1.45. The van der Waals surface area contributed by atoms with Crippen molar-refractivity contribution in [1.82, 2.24) is 9.97 Å². The Labute approximate surface area is 175 Å². The minimum absolute atomic E-state index is 0.141. The van der Waals surface area contributed by atoms with Crippen LogP contribution in [0.5, 0.6) is 0 Å². The molecule has 0 aliphatic rings. The number of anilines is 1. The van der Waals surface area contributed by atoms with Gasteiger partial charge in [-0.05, 0) is 62.7 Å². The van der Waals surface area contributed by atoms with Crippen LogP contribution in [-0.2, 0) is 20.7 Å². The third-order valence-electron chi connectivity index (χ3n) is 3.10. The molecular weight excluding hydrogens is 450 g/mol. The number of hydrogen-bond acceptors (Lipinski definition) is 7. The highest BCUT2D eigenvalue weighted by atomic mass is 79.9. The van der Waals surface area contributed by atoms with Gasteiger partial charge in [0.25, 0.3) is 0 Å². The Morgan fingerprint density at radius 1 is 1.26 bits per heavy atom. The van der Waals surface area contributed by atoms with Crippen molar-refractivity contribution in [3.63, 3.8) is 0 Å². The summed E-state index contributed by atoms with van der Waals surface area (Å²) in [6.45, 7) is 9.13. The van der Waals surface area contributed by atoms with E-state index in [1.807, 2.05) is 26.2 Å². The van der Waals surface area contributed by atoms with Crippen molar-refractivity contribution in [3.8, 4) is 0 Å². The van der Waals surface area contributed by atoms with Crippen LogP contribution in [0.2, 0.25) is 0 Å². The van der Waals surface area contributed by atoms with E-state index in [9.17, 15) is 9.59 Å². The fourth-order valence-corrected chi connectivity index (χ4v) is 4.34. The molecule has 0 aliphatic heterocycles. The van der Waals surface area contributed by atoms with E-state index < -0.39 is 10.3 Å². The molecule has 0 aromatic carbocycles. The van der Waals surface area contributed by atoms with Crippen molar-refractivity contribution >= 4 is 56.7 Å². The number of nitrogens with one attached hydrogen (secondary N) is 1. The lowest BCUT2D eigenvalue weighted by molar-refractivity contribution is -0.156. The third kappa shape index (κ3) is 7.23. The molecule has 6 nitrogen and oxygen atoms in total. The van der Waals surface area contributed by atoms with Gasteiger partial charge in [0.2, 0.25) is 5.91 Å². The van der Waals surface area contributed by atoms with Crippen molar-refractivity contribution < 1.29 is 14.3 Å². The predicted octanol–water partition coefficient (Wildman–Crippen LogP) is 4.69. The van der Waals surface area contributed by atoms with Gasteiger partial charge < -0.3 is 10.1 Å². The molecule has 0 spiro atoms. The number of esters is 1. The zero-order valence-corrected chi connectivity index (χ0v) is 19.0. The van der Waals surface area contributed by atoms with Crippen LogP contribution in [0, 0.1) is 0 Å². The van der Waals surface area contributed by atoms with Gasteiger partial charge in [0, 0.05) is 16.0 Å².